The Bertz CT molecular complexity index is 1070. The van der Waals surface area contributed by atoms with Crippen molar-refractivity contribution in [3.8, 4) is 34.0 Å². The summed E-state index contributed by atoms with van der Waals surface area (Å²) in [5, 5.41) is 10.2. The van der Waals surface area contributed by atoms with E-state index in [2.05, 4.69) is 0 Å². The van der Waals surface area contributed by atoms with Crippen LogP contribution in [0.25, 0.3) is 22.5 Å². The number of carbonyl (C=O) groups is 1. The zero-order valence-corrected chi connectivity index (χ0v) is 15.7. The smallest absolute Gasteiger partial charge is 0.340 e. The van der Waals surface area contributed by atoms with Crippen LogP contribution in [0.1, 0.15) is 22.8 Å². The first-order valence-corrected chi connectivity index (χ1v) is 9.10. The number of carbonyl (C=O) groups excluding carboxylic acids is 1. The van der Waals surface area contributed by atoms with Gasteiger partial charge in [0.15, 0.2) is 11.5 Å². The molecule has 0 unspecified atom stereocenters. The number of aryl methyl sites for hydroxylation is 1. The summed E-state index contributed by atoms with van der Waals surface area (Å²) >= 11 is 0. The Hall–Kier alpha value is -3.28. The number of rotatable bonds is 4. The largest absolute Gasteiger partial charge is 0.504 e. The zero-order chi connectivity index (χ0) is 19.8. The van der Waals surface area contributed by atoms with Crippen molar-refractivity contribution in [3.63, 3.8) is 0 Å². The number of phenols is 1. The fourth-order valence-corrected chi connectivity index (χ4v) is 3.77. The first-order chi connectivity index (χ1) is 13.5. The summed E-state index contributed by atoms with van der Waals surface area (Å²) in [7, 11) is 1.51. The van der Waals surface area contributed by atoms with E-state index >= 15 is 0 Å². The van der Waals surface area contributed by atoms with E-state index in [4.69, 9.17) is 9.47 Å². The molecule has 0 bridgehead atoms. The molecule has 0 aliphatic carbocycles. The Morgan fingerprint density at radius 3 is 2.79 bits per heavy atom. The summed E-state index contributed by atoms with van der Waals surface area (Å²) in [6.45, 7) is 2.60. The molecule has 0 saturated carbocycles. The van der Waals surface area contributed by atoms with Crippen molar-refractivity contribution in [1.29, 1.82) is 0 Å². The number of aromatic nitrogens is 1. The number of hydrogen-bond acceptors (Lipinski definition) is 4. The summed E-state index contributed by atoms with van der Waals surface area (Å²) in [6.07, 6.45) is 0.693. The summed E-state index contributed by atoms with van der Waals surface area (Å²) < 4.78 is 26.3. The molecule has 0 radical (unpaired) electrons. The molecule has 1 aromatic heterocycles. The van der Waals surface area contributed by atoms with Crippen LogP contribution in [0.5, 0.6) is 11.5 Å². The third-order valence-corrected chi connectivity index (χ3v) is 4.98. The second-order valence-electron chi connectivity index (χ2n) is 6.61. The van der Waals surface area contributed by atoms with Crippen molar-refractivity contribution in [2.45, 2.75) is 19.9 Å². The molecule has 1 aliphatic heterocycles. The van der Waals surface area contributed by atoms with Gasteiger partial charge in [-0.15, -0.1) is 0 Å². The van der Waals surface area contributed by atoms with Crippen LogP contribution in [0, 0.1) is 5.82 Å². The minimum Gasteiger partial charge on any atom is -0.504 e. The lowest BCUT2D eigenvalue weighted by molar-refractivity contribution is 0.0527. The van der Waals surface area contributed by atoms with Crippen LogP contribution < -0.4 is 4.74 Å². The van der Waals surface area contributed by atoms with Gasteiger partial charge < -0.3 is 19.1 Å². The number of benzene rings is 2. The van der Waals surface area contributed by atoms with Crippen LogP contribution in [0.15, 0.2) is 42.5 Å². The number of esters is 1. The first kappa shape index (κ1) is 18.1. The Morgan fingerprint density at radius 2 is 2.07 bits per heavy atom. The van der Waals surface area contributed by atoms with Gasteiger partial charge in [-0.25, -0.2) is 9.18 Å². The third-order valence-electron chi connectivity index (χ3n) is 4.98. The Kier molecular flexibility index (Phi) is 4.55. The van der Waals surface area contributed by atoms with Crippen LogP contribution in [0.2, 0.25) is 0 Å². The highest BCUT2D eigenvalue weighted by molar-refractivity contribution is 5.99. The molecule has 5 nitrogen and oxygen atoms in total. The van der Waals surface area contributed by atoms with Gasteiger partial charge in [0, 0.05) is 23.4 Å². The predicted molar refractivity (Wildman–Crippen MR) is 103 cm³/mol. The standard InChI is InChI=1S/C22H20FNO4/c1-3-28-22(26)17-11-18-16-12-19(25)20(27-2)10-13(16)7-8-24(18)21(17)14-5-4-6-15(23)9-14/h4-6,9-12,25H,3,7-8H2,1-2H3. The molecule has 6 heteroatoms. The number of methoxy groups -OCH3 is 1. The number of hydrogen-bond donors (Lipinski definition) is 1. The summed E-state index contributed by atoms with van der Waals surface area (Å²) in [5.41, 5.74) is 4.22. The molecule has 0 atom stereocenters. The van der Waals surface area contributed by atoms with Gasteiger partial charge in [0.1, 0.15) is 5.82 Å². The van der Waals surface area contributed by atoms with Crippen LogP contribution in [0.3, 0.4) is 0 Å². The van der Waals surface area contributed by atoms with E-state index in [1.807, 2.05) is 10.6 Å². The summed E-state index contributed by atoms with van der Waals surface area (Å²) in [6, 6.07) is 11.4. The van der Waals surface area contributed by atoms with Gasteiger partial charge in [0.05, 0.1) is 25.0 Å². The lowest BCUT2D eigenvalue weighted by Gasteiger charge is -2.22. The second kappa shape index (κ2) is 7.03. The fourth-order valence-electron chi connectivity index (χ4n) is 3.77. The van der Waals surface area contributed by atoms with Crippen molar-refractivity contribution in [1.82, 2.24) is 4.57 Å². The van der Waals surface area contributed by atoms with E-state index in [-0.39, 0.29) is 18.2 Å². The molecule has 0 amide bonds. The van der Waals surface area contributed by atoms with Gasteiger partial charge in [-0.2, -0.15) is 0 Å². The molecule has 144 valence electrons. The van der Waals surface area contributed by atoms with Gasteiger partial charge in [-0.1, -0.05) is 12.1 Å². The zero-order valence-electron chi connectivity index (χ0n) is 15.7. The van der Waals surface area contributed by atoms with Crippen molar-refractivity contribution < 1.29 is 23.8 Å². The Labute approximate surface area is 161 Å². The molecule has 28 heavy (non-hydrogen) atoms. The van der Waals surface area contributed by atoms with Crippen LogP contribution in [0.4, 0.5) is 4.39 Å². The van der Waals surface area contributed by atoms with Crippen LogP contribution in [-0.2, 0) is 17.7 Å². The topological polar surface area (TPSA) is 60.7 Å². The van der Waals surface area contributed by atoms with Crippen molar-refractivity contribution in [3.05, 3.63) is 59.4 Å². The average Bonchev–Trinajstić information content (AvgIpc) is 3.08. The highest BCUT2D eigenvalue weighted by Crippen LogP contribution is 2.42. The van der Waals surface area contributed by atoms with E-state index in [1.54, 1.807) is 31.2 Å². The highest BCUT2D eigenvalue weighted by Gasteiger charge is 2.28. The molecule has 4 rings (SSSR count). The number of fused-ring (bicyclic) bond motifs is 3. The van der Waals surface area contributed by atoms with E-state index < -0.39 is 5.97 Å². The molecular weight excluding hydrogens is 361 g/mol. The number of nitrogens with zero attached hydrogens (tertiary/aromatic N) is 1. The normalized spacial score (nSPS) is 12.2. The minimum absolute atomic E-state index is 0.0286. The highest BCUT2D eigenvalue weighted by atomic mass is 19.1. The Morgan fingerprint density at radius 1 is 1.25 bits per heavy atom. The quantitative estimate of drug-likeness (QED) is 0.680. The molecule has 0 saturated heterocycles. The van der Waals surface area contributed by atoms with Gasteiger partial charge in [0.25, 0.3) is 0 Å². The molecule has 2 aromatic carbocycles. The van der Waals surface area contributed by atoms with E-state index in [0.717, 1.165) is 16.8 Å². The number of ether oxygens (including phenoxy) is 2. The predicted octanol–water partition coefficient (Wildman–Crippen LogP) is 4.41. The molecular formula is C22H20FNO4. The molecule has 1 N–H and O–H groups in total. The van der Waals surface area contributed by atoms with Gasteiger partial charge in [-0.05, 0) is 49.2 Å². The fraction of sp³-hybridized carbons (Fsp3) is 0.227. The van der Waals surface area contributed by atoms with Crippen molar-refractivity contribution in [2.24, 2.45) is 0 Å². The van der Waals surface area contributed by atoms with E-state index in [9.17, 15) is 14.3 Å². The average molecular weight is 381 g/mol. The van der Waals surface area contributed by atoms with Crippen LogP contribution in [-0.4, -0.2) is 29.4 Å². The molecule has 0 spiro atoms. The summed E-state index contributed by atoms with van der Waals surface area (Å²) in [4.78, 5) is 12.6. The first-order valence-electron chi connectivity index (χ1n) is 9.10. The molecule has 0 fully saturated rings. The molecule has 2 heterocycles. The van der Waals surface area contributed by atoms with Crippen LogP contribution >= 0.6 is 0 Å². The SMILES string of the molecule is CCOC(=O)c1cc2n(c1-c1cccc(F)c1)CCc1cc(OC)c(O)cc1-2. The monoisotopic (exact) mass is 381 g/mol. The lowest BCUT2D eigenvalue weighted by atomic mass is 9.97. The number of aromatic hydroxyl groups is 1. The maximum Gasteiger partial charge on any atom is 0.340 e. The molecule has 3 aromatic rings. The van der Waals surface area contributed by atoms with Gasteiger partial charge in [-0.3, -0.25) is 0 Å². The Balaban J connectivity index is 1.96. The third kappa shape index (κ3) is 2.91. The summed E-state index contributed by atoms with van der Waals surface area (Å²) in [5.74, 6) is -0.389. The maximum absolute atomic E-state index is 13.9. The van der Waals surface area contributed by atoms with Gasteiger partial charge in [0.2, 0.25) is 0 Å². The van der Waals surface area contributed by atoms with Crippen molar-refractivity contribution in [2.75, 3.05) is 13.7 Å². The number of halogens is 1. The maximum atomic E-state index is 13.9. The second-order valence-corrected chi connectivity index (χ2v) is 6.61. The van der Waals surface area contributed by atoms with E-state index in [1.165, 1.54) is 19.2 Å². The molecule has 1 aliphatic rings. The van der Waals surface area contributed by atoms with E-state index in [0.29, 0.717) is 35.5 Å². The number of phenolic OH excluding ortho intramolecular Hbond substituents is 1. The van der Waals surface area contributed by atoms with Gasteiger partial charge >= 0.3 is 5.97 Å². The van der Waals surface area contributed by atoms with Crippen molar-refractivity contribution >= 4 is 5.97 Å². The lowest BCUT2D eigenvalue weighted by Crippen LogP contribution is -2.13. The minimum atomic E-state index is -0.456.